The molecule has 42 heavy (non-hydrogen) atoms. The molecule has 2 aromatic rings. The molecule has 0 saturated carbocycles. The maximum absolute atomic E-state index is 14.7. The van der Waals surface area contributed by atoms with Gasteiger partial charge in [0.05, 0.1) is 30.8 Å². The highest BCUT2D eigenvalue weighted by Crippen LogP contribution is 2.57. The van der Waals surface area contributed by atoms with E-state index in [1.165, 1.54) is 4.90 Å². The molecule has 0 bridgehead atoms. The molecule has 2 aromatic carbocycles. The summed E-state index contributed by atoms with van der Waals surface area (Å²) in [5.74, 6) is -3.25. The first kappa shape index (κ1) is 28.6. The summed E-state index contributed by atoms with van der Waals surface area (Å²) in [7, 11) is 0. The molecule has 0 aromatic heterocycles. The van der Waals surface area contributed by atoms with E-state index in [4.69, 9.17) is 21.1 Å². The maximum Gasteiger partial charge on any atom is 0.313 e. The Bertz CT molecular complexity index is 1410. The number of carbonyl (C=O) groups is 3. The molecule has 1 spiro atoms. The molecule has 6 rings (SSSR count). The van der Waals surface area contributed by atoms with Crippen molar-refractivity contribution in [2.45, 2.75) is 55.9 Å². The minimum Gasteiger partial charge on any atom is -0.465 e. The number of likely N-dealkylation sites (tertiary alicyclic amines) is 1. The van der Waals surface area contributed by atoms with Crippen LogP contribution < -0.4 is 4.90 Å². The van der Waals surface area contributed by atoms with Gasteiger partial charge in [0, 0.05) is 17.3 Å². The predicted molar refractivity (Wildman–Crippen MR) is 158 cm³/mol. The van der Waals surface area contributed by atoms with E-state index in [0.717, 1.165) is 24.8 Å². The van der Waals surface area contributed by atoms with Crippen molar-refractivity contribution in [2.75, 3.05) is 24.7 Å². The van der Waals surface area contributed by atoms with Gasteiger partial charge in [-0.25, -0.2) is 0 Å². The van der Waals surface area contributed by atoms with Crippen LogP contribution in [-0.4, -0.2) is 70.8 Å². The van der Waals surface area contributed by atoms with Crippen LogP contribution in [0.2, 0.25) is 5.02 Å². The van der Waals surface area contributed by atoms with Gasteiger partial charge in [-0.3, -0.25) is 14.4 Å². The number of cyclic esters (lactones) is 1. The van der Waals surface area contributed by atoms with Crippen LogP contribution in [0, 0.1) is 11.8 Å². The smallest absolute Gasteiger partial charge is 0.313 e. The van der Waals surface area contributed by atoms with Gasteiger partial charge in [0.25, 0.3) is 5.91 Å². The van der Waals surface area contributed by atoms with E-state index in [1.807, 2.05) is 48.6 Å². The van der Waals surface area contributed by atoms with E-state index in [0.29, 0.717) is 17.1 Å². The minimum absolute atomic E-state index is 0.237. The zero-order valence-corrected chi connectivity index (χ0v) is 24.3. The third-order valence-corrected chi connectivity index (χ3v) is 9.25. The molecule has 0 radical (unpaired) electrons. The molecule has 9 heteroatoms. The van der Waals surface area contributed by atoms with Crippen LogP contribution in [0.3, 0.4) is 0 Å². The van der Waals surface area contributed by atoms with Gasteiger partial charge in [-0.1, -0.05) is 66.2 Å². The van der Waals surface area contributed by atoms with E-state index in [-0.39, 0.29) is 25.7 Å². The van der Waals surface area contributed by atoms with Gasteiger partial charge in [0.1, 0.15) is 17.6 Å². The van der Waals surface area contributed by atoms with Gasteiger partial charge in [0.2, 0.25) is 5.91 Å². The summed E-state index contributed by atoms with van der Waals surface area (Å²) in [6.07, 6.45) is 10.2. The van der Waals surface area contributed by atoms with Crippen molar-refractivity contribution in [3.63, 3.8) is 0 Å². The summed E-state index contributed by atoms with van der Waals surface area (Å²) in [5.41, 5.74) is -1.09. The number of esters is 1. The Hall–Kier alpha value is -3.46. The summed E-state index contributed by atoms with van der Waals surface area (Å²) in [5, 5.41) is 11.2. The number of allylic oxidation sites excluding steroid dienone is 1. The van der Waals surface area contributed by atoms with Crippen LogP contribution in [-0.2, 0) is 30.3 Å². The molecule has 2 saturated heterocycles. The Morgan fingerprint density at radius 1 is 0.976 bits per heavy atom. The van der Waals surface area contributed by atoms with E-state index in [1.54, 1.807) is 42.2 Å². The maximum atomic E-state index is 14.7. The third kappa shape index (κ3) is 4.75. The zero-order chi connectivity index (χ0) is 29.5. The summed E-state index contributed by atoms with van der Waals surface area (Å²) in [6, 6.07) is 14.6. The second-order valence-corrected chi connectivity index (χ2v) is 12.1. The van der Waals surface area contributed by atoms with Gasteiger partial charge in [-0.15, -0.1) is 0 Å². The Kier molecular flexibility index (Phi) is 7.72. The lowest BCUT2D eigenvalue weighted by Gasteiger charge is -2.40. The highest BCUT2D eigenvalue weighted by Gasteiger charge is 2.75. The number of hydrogen-bond donors (Lipinski definition) is 1. The molecular weight excluding hydrogens is 556 g/mol. The van der Waals surface area contributed by atoms with E-state index in [9.17, 15) is 19.5 Å². The fourth-order valence-corrected chi connectivity index (χ4v) is 7.25. The van der Waals surface area contributed by atoms with Crippen LogP contribution in [0.5, 0.6) is 0 Å². The van der Waals surface area contributed by atoms with Crippen molar-refractivity contribution in [1.82, 2.24) is 4.90 Å². The summed E-state index contributed by atoms with van der Waals surface area (Å²) < 4.78 is 12.6. The quantitative estimate of drug-likeness (QED) is 0.416. The molecule has 4 heterocycles. The number of rotatable bonds is 5. The highest BCUT2D eigenvalue weighted by molar-refractivity contribution is 6.30. The first-order chi connectivity index (χ1) is 20.3. The second-order valence-electron chi connectivity index (χ2n) is 11.7. The number of halogens is 1. The average Bonchev–Trinajstić information content (AvgIpc) is 3.32. The van der Waals surface area contributed by atoms with Gasteiger partial charge in [-0.2, -0.15) is 0 Å². The molecule has 0 aliphatic carbocycles. The van der Waals surface area contributed by atoms with Crippen molar-refractivity contribution in [3.05, 3.63) is 89.5 Å². The Morgan fingerprint density at radius 3 is 2.48 bits per heavy atom. The fraction of sp³-hybridized carbons (Fsp3) is 0.424. The number of benzene rings is 2. The van der Waals surface area contributed by atoms with Crippen LogP contribution in [0.15, 0.2) is 78.9 Å². The molecule has 220 valence electrons. The molecular formula is C33H35ClN2O6. The van der Waals surface area contributed by atoms with Crippen molar-refractivity contribution >= 4 is 35.1 Å². The Labute approximate surface area is 250 Å². The van der Waals surface area contributed by atoms with Gasteiger partial charge < -0.3 is 24.4 Å². The molecule has 6 atom stereocenters. The summed E-state index contributed by atoms with van der Waals surface area (Å²) >= 11 is 6.14. The average molecular weight is 591 g/mol. The fourth-order valence-electron chi connectivity index (χ4n) is 7.12. The van der Waals surface area contributed by atoms with E-state index < -0.39 is 47.0 Å². The number of fused-ring (bicyclic) bond motifs is 2. The largest absolute Gasteiger partial charge is 0.465 e. The Morgan fingerprint density at radius 2 is 1.74 bits per heavy atom. The van der Waals surface area contributed by atoms with Crippen LogP contribution in [0.4, 0.5) is 5.69 Å². The van der Waals surface area contributed by atoms with Crippen molar-refractivity contribution in [1.29, 1.82) is 0 Å². The topological polar surface area (TPSA) is 96.4 Å². The van der Waals surface area contributed by atoms with Gasteiger partial charge >= 0.3 is 5.97 Å². The molecule has 8 nitrogen and oxygen atoms in total. The number of amides is 2. The number of aliphatic hydroxyl groups is 1. The summed E-state index contributed by atoms with van der Waals surface area (Å²) in [4.78, 5) is 46.1. The Balaban J connectivity index is 1.49. The molecule has 4 aliphatic heterocycles. The number of carbonyl (C=O) groups excluding carboxylic acids is 3. The number of nitrogens with zero attached hydrogens (tertiary/aromatic N) is 2. The second kappa shape index (κ2) is 11.3. The van der Waals surface area contributed by atoms with Crippen molar-refractivity contribution in [2.24, 2.45) is 11.8 Å². The SMILES string of the molecule is C[C@@]12/C=C\CCCCOC(=O)[C@@H]1[C@H]1C(=O)N([C@@H](CO)Cc3ccccc3)C3C(=O)N(c4ccc(Cl)cc4)CC=C[C@@]31O2. The lowest BCUT2D eigenvalue weighted by atomic mass is 9.74. The number of aliphatic hydroxyl groups excluding tert-OH is 1. The third-order valence-electron chi connectivity index (χ3n) is 8.99. The standard InChI is InChI=1S/C33H35ClN2O6/c1-32-16-7-2-3-8-19-41-31(40)27(32)26-29(38)36(25(21-37)20-22-10-5-4-6-11-22)28-30(39)35(18-9-17-33(26,28)42-32)24-14-12-23(34)13-15-24/h4-7,9-17,25-28,37H,2-3,8,18-21H2,1H3/b16-7-/t25-,26+,27+,28?,32-,33+/m1/s1. The lowest BCUT2D eigenvalue weighted by Crippen LogP contribution is -2.59. The minimum atomic E-state index is -1.45. The first-order valence-corrected chi connectivity index (χ1v) is 14.9. The number of ether oxygens (including phenoxy) is 2. The first-order valence-electron chi connectivity index (χ1n) is 14.6. The van der Waals surface area contributed by atoms with E-state index >= 15 is 0 Å². The number of anilines is 1. The van der Waals surface area contributed by atoms with Crippen LogP contribution in [0.25, 0.3) is 0 Å². The van der Waals surface area contributed by atoms with Crippen LogP contribution in [0.1, 0.15) is 31.7 Å². The number of hydrogen-bond acceptors (Lipinski definition) is 6. The highest BCUT2D eigenvalue weighted by atomic mass is 35.5. The molecule has 2 fully saturated rings. The van der Waals surface area contributed by atoms with Gasteiger partial charge in [0.15, 0.2) is 0 Å². The zero-order valence-electron chi connectivity index (χ0n) is 23.5. The van der Waals surface area contributed by atoms with Crippen molar-refractivity contribution in [3.8, 4) is 0 Å². The van der Waals surface area contributed by atoms with Gasteiger partial charge in [-0.05, 0) is 62.4 Å². The molecule has 1 unspecified atom stereocenters. The normalized spacial score (nSPS) is 32.5. The summed E-state index contributed by atoms with van der Waals surface area (Å²) in [6.45, 7) is 1.92. The molecule has 2 amide bonds. The van der Waals surface area contributed by atoms with E-state index in [2.05, 4.69) is 0 Å². The molecule has 1 N–H and O–H groups in total. The lowest BCUT2D eigenvalue weighted by molar-refractivity contribution is -0.160. The van der Waals surface area contributed by atoms with Crippen molar-refractivity contribution < 1.29 is 29.0 Å². The monoisotopic (exact) mass is 590 g/mol. The van der Waals surface area contributed by atoms with Crippen LogP contribution >= 0.6 is 11.6 Å². The molecule has 4 aliphatic rings. The predicted octanol–water partition coefficient (Wildman–Crippen LogP) is 4.10.